The molecule has 8 heteroatoms. The van der Waals surface area contributed by atoms with E-state index in [0.717, 1.165) is 56.5 Å². The third kappa shape index (κ3) is 3.42. The van der Waals surface area contributed by atoms with Crippen LogP contribution in [0.3, 0.4) is 0 Å². The summed E-state index contributed by atoms with van der Waals surface area (Å²) in [5.74, 6) is 3.63. The van der Waals surface area contributed by atoms with Crippen molar-refractivity contribution < 1.29 is 4.74 Å². The Labute approximate surface area is 146 Å². The van der Waals surface area contributed by atoms with Gasteiger partial charge in [0.25, 0.3) is 0 Å². The normalized spacial score (nSPS) is 20.0. The molecule has 0 saturated carbocycles. The van der Waals surface area contributed by atoms with Crippen LogP contribution in [0.5, 0.6) is 5.88 Å². The Hall–Kier alpha value is -2.64. The van der Waals surface area contributed by atoms with Crippen LogP contribution in [0.25, 0.3) is 0 Å². The minimum Gasteiger partial charge on any atom is -0.472 e. The quantitative estimate of drug-likeness (QED) is 0.656. The monoisotopic (exact) mass is 341 g/mol. The summed E-state index contributed by atoms with van der Waals surface area (Å²) in [5.41, 5.74) is 0. The molecule has 0 amide bonds. The van der Waals surface area contributed by atoms with Gasteiger partial charge in [-0.05, 0) is 12.5 Å². The van der Waals surface area contributed by atoms with E-state index in [2.05, 4.69) is 35.0 Å². The highest BCUT2D eigenvalue weighted by atomic mass is 16.5. The highest BCUT2D eigenvalue weighted by molar-refractivity contribution is 5.80. The molecule has 1 atom stereocenters. The Morgan fingerprint density at radius 2 is 2.32 bits per heavy atom. The van der Waals surface area contributed by atoms with Gasteiger partial charge in [-0.2, -0.15) is 0 Å². The van der Waals surface area contributed by atoms with Crippen molar-refractivity contribution in [2.45, 2.75) is 38.5 Å². The van der Waals surface area contributed by atoms with Gasteiger partial charge in [-0.3, -0.25) is 4.99 Å². The zero-order valence-electron chi connectivity index (χ0n) is 14.4. The van der Waals surface area contributed by atoms with E-state index in [1.807, 2.05) is 25.2 Å². The summed E-state index contributed by atoms with van der Waals surface area (Å²) in [6.45, 7) is 3.37. The van der Waals surface area contributed by atoms with Crippen molar-refractivity contribution in [3.05, 3.63) is 36.0 Å². The second-order valence-corrected chi connectivity index (χ2v) is 6.33. The van der Waals surface area contributed by atoms with Crippen LogP contribution < -0.4 is 10.1 Å². The van der Waals surface area contributed by atoms with Gasteiger partial charge in [-0.25, -0.2) is 4.98 Å². The lowest BCUT2D eigenvalue weighted by atomic mass is 10.3. The lowest BCUT2D eigenvalue weighted by molar-refractivity contribution is 0.205. The molecule has 4 heterocycles. The number of nitrogens with zero attached hydrogens (tertiary/aromatic N) is 6. The first-order valence-electron chi connectivity index (χ1n) is 8.78. The van der Waals surface area contributed by atoms with Crippen molar-refractivity contribution in [1.29, 1.82) is 0 Å². The molecule has 4 rings (SSSR count). The zero-order chi connectivity index (χ0) is 17.1. The maximum Gasteiger partial charge on any atom is 0.213 e. The molecule has 132 valence electrons. The van der Waals surface area contributed by atoms with E-state index in [0.29, 0.717) is 12.4 Å². The summed E-state index contributed by atoms with van der Waals surface area (Å²) in [5, 5.41) is 11.9. The van der Waals surface area contributed by atoms with Crippen LogP contribution >= 0.6 is 0 Å². The van der Waals surface area contributed by atoms with Gasteiger partial charge in [0.15, 0.2) is 11.8 Å². The van der Waals surface area contributed by atoms with Gasteiger partial charge in [0.1, 0.15) is 11.9 Å². The first-order chi connectivity index (χ1) is 12.3. The number of hydrogen-bond acceptors (Lipinski definition) is 5. The Kier molecular flexibility index (Phi) is 4.49. The number of rotatable bonds is 4. The van der Waals surface area contributed by atoms with Gasteiger partial charge in [-0.1, -0.05) is 6.07 Å². The fraction of sp³-hybridized carbons (Fsp3) is 0.529. The van der Waals surface area contributed by atoms with Crippen molar-refractivity contribution in [2.75, 3.05) is 20.1 Å². The van der Waals surface area contributed by atoms with Crippen molar-refractivity contribution in [2.24, 2.45) is 4.99 Å². The smallest absolute Gasteiger partial charge is 0.213 e. The highest BCUT2D eigenvalue weighted by Gasteiger charge is 2.27. The molecule has 0 aromatic carbocycles. The second-order valence-electron chi connectivity index (χ2n) is 6.33. The average Bonchev–Trinajstić information content (AvgIpc) is 3.35. The van der Waals surface area contributed by atoms with E-state index in [4.69, 9.17) is 4.74 Å². The number of fused-ring (bicyclic) bond motifs is 1. The molecule has 2 aliphatic rings. The second kappa shape index (κ2) is 7.08. The molecule has 1 fully saturated rings. The number of nitrogens with one attached hydrogen (secondary N) is 1. The van der Waals surface area contributed by atoms with Crippen molar-refractivity contribution in [3.8, 4) is 5.88 Å². The summed E-state index contributed by atoms with van der Waals surface area (Å²) in [6, 6.07) is 5.72. The molecule has 2 aromatic rings. The zero-order valence-corrected chi connectivity index (χ0v) is 14.4. The van der Waals surface area contributed by atoms with E-state index in [9.17, 15) is 0 Å². The molecule has 0 radical (unpaired) electrons. The molecule has 25 heavy (non-hydrogen) atoms. The molecule has 1 unspecified atom stereocenters. The first kappa shape index (κ1) is 15.9. The number of aliphatic imine (C=N–C) groups is 1. The van der Waals surface area contributed by atoms with Gasteiger partial charge in [-0.15, -0.1) is 10.2 Å². The standard InChI is InChI=1S/C17H23N7O/c1-18-17(20-11-15-22-21-14-5-4-9-24(14)15)23-10-7-13(12-23)25-16-6-2-3-8-19-16/h2-3,6,8,13H,4-5,7,9-12H2,1H3,(H,18,20). The van der Waals surface area contributed by atoms with E-state index in [1.54, 1.807) is 6.20 Å². The summed E-state index contributed by atoms with van der Waals surface area (Å²) in [7, 11) is 1.81. The maximum absolute atomic E-state index is 5.95. The Bertz CT molecular complexity index is 743. The average molecular weight is 341 g/mol. The molecule has 2 aromatic heterocycles. The van der Waals surface area contributed by atoms with Gasteiger partial charge < -0.3 is 19.5 Å². The summed E-state index contributed by atoms with van der Waals surface area (Å²) in [6.07, 6.45) is 5.02. The van der Waals surface area contributed by atoms with Crippen LogP contribution in [-0.2, 0) is 19.5 Å². The number of aryl methyl sites for hydroxylation is 1. The predicted molar refractivity (Wildman–Crippen MR) is 93.4 cm³/mol. The Balaban J connectivity index is 1.32. The summed E-state index contributed by atoms with van der Waals surface area (Å²) >= 11 is 0. The minimum absolute atomic E-state index is 0.130. The Morgan fingerprint density at radius 1 is 1.36 bits per heavy atom. The molecule has 1 N–H and O–H groups in total. The van der Waals surface area contributed by atoms with Crippen LogP contribution in [0.2, 0.25) is 0 Å². The van der Waals surface area contributed by atoms with E-state index in [-0.39, 0.29) is 6.10 Å². The molecule has 0 aliphatic carbocycles. The summed E-state index contributed by atoms with van der Waals surface area (Å²) < 4.78 is 8.15. The summed E-state index contributed by atoms with van der Waals surface area (Å²) in [4.78, 5) is 10.9. The van der Waals surface area contributed by atoms with E-state index in [1.165, 1.54) is 0 Å². The predicted octanol–water partition coefficient (Wildman–Crippen LogP) is 0.848. The Morgan fingerprint density at radius 3 is 3.16 bits per heavy atom. The number of hydrogen-bond donors (Lipinski definition) is 1. The molecule has 8 nitrogen and oxygen atoms in total. The lowest BCUT2D eigenvalue weighted by Crippen LogP contribution is -2.41. The van der Waals surface area contributed by atoms with Crippen LogP contribution in [-0.4, -0.2) is 56.8 Å². The van der Waals surface area contributed by atoms with Gasteiger partial charge >= 0.3 is 0 Å². The lowest BCUT2D eigenvalue weighted by Gasteiger charge is -2.21. The third-order valence-corrected chi connectivity index (χ3v) is 4.67. The van der Waals surface area contributed by atoms with Crippen molar-refractivity contribution in [1.82, 2.24) is 30.0 Å². The molecule has 0 spiro atoms. The van der Waals surface area contributed by atoms with E-state index < -0.39 is 0 Å². The minimum atomic E-state index is 0.130. The van der Waals surface area contributed by atoms with Crippen LogP contribution in [0.4, 0.5) is 0 Å². The maximum atomic E-state index is 5.95. The topological polar surface area (TPSA) is 80.5 Å². The molecule has 0 bridgehead atoms. The number of likely N-dealkylation sites (tertiary alicyclic amines) is 1. The third-order valence-electron chi connectivity index (χ3n) is 4.67. The first-order valence-corrected chi connectivity index (χ1v) is 8.78. The van der Waals surface area contributed by atoms with Gasteiger partial charge in [0.2, 0.25) is 5.88 Å². The van der Waals surface area contributed by atoms with Gasteiger partial charge in [0, 0.05) is 45.2 Å². The molecule has 2 aliphatic heterocycles. The number of aromatic nitrogens is 4. The number of pyridine rings is 1. The SMILES string of the molecule is CN=C(NCc1nnc2n1CCC2)N1CCC(Oc2ccccn2)C1. The van der Waals surface area contributed by atoms with Crippen molar-refractivity contribution >= 4 is 5.96 Å². The molecule has 1 saturated heterocycles. The molecular weight excluding hydrogens is 318 g/mol. The van der Waals surface area contributed by atoms with Crippen LogP contribution in [0.15, 0.2) is 29.4 Å². The van der Waals surface area contributed by atoms with Crippen LogP contribution in [0, 0.1) is 0 Å². The highest BCUT2D eigenvalue weighted by Crippen LogP contribution is 2.17. The number of ether oxygens (including phenoxy) is 1. The fourth-order valence-electron chi connectivity index (χ4n) is 3.44. The largest absolute Gasteiger partial charge is 0.472 e. The molecular formula is C17H23N7O. The fourth-order valence-corrected chi connectivity index (χ4v) is 3.44. The van der Waals surface area contributed by atoms with Crippen LogP contribution in [0.1, 0.15) is 24.5 Å². The van der Waals surface area contributed by atoms with E-state index >= 15 is 0 Å². The van der Waals surface area contributed by atoms with Gasteiger partial charge in [0.05, 0.1) is 13.1 Å². The number of guanidine groups is 1. The van der Waals surface area contributed by atoms with Crippen molar-refractivity contribution in [3.63, 3.8) is 0 Å².